The molecule has 6 heteroatoms. The van der Waals surface area contributed by atoms with Gasteiger partial charge in [-0.1, -0.05) is 22.0 Å². The SMILES string of the molecule is FC(F)(F)c1cc(Br)ccc1C1COCCN1. The van der Waals surface area contributed by atoms with E-state index < -0.39 is 17.8 Å². The average molecular weight is 310 g/mol. The minimum Gasteiger partial charge on any atom is -0.378 e. The Morgan fingerprint density at radius 1 is 1.35 bits per heavy atom. The second-order valence-corrected chi connectivity index (χ2v) is 4.73. The van der Waals surface area contributed by atoms with E-state index in [0.29, 0.717) is 17.6 Å². The molecule has 1 aromatic carbocycles. The highest BCUT2D eigenvalue weighted by molar-refractivity contribution is 9.10. The summed E-state index contributed by atoms with van der Waals surface area (Å²) in [5.74, 6) is 0. The van der Waals surface area contributed by atoms with Gasteiger partial charge in [0.2, 0.25) is 0 Å². The fourth-order valence-corrected chi connectivity index (χ4v) is 2.20. The summed E-state index contributed by atoms with van der Waals surface area (Å²) in [5.41, 5.74) is -0.379. The molecule has 1 unspecified atom stereocenters. The zero-order valence-electron chi connectivity index (χ0n) is 8.85. The Morgan fingerprint density at radius 2 is 2.12 bits per heavy atom. The van der Waals surface area contributed by atoms with Crippen molar-refractivity contribution in [2.75, 3.05) is 19.8 Å². The topological polar surface area (TPSA) is 21.3 Å². The summed E-state index contributed by atoms with van der Waals surface area (Å²) in [5, 5.41) is 3.03. The number of alkyl halides is 3. The van der Waals surface area contributed by atoms with E-state index in [1.54, 1.807) is 6.07 Å². The van der Waals surface area contributed by atoms with Gasteiger partial charge in [0.1, 0.15) is 0 Å². The molecule has 1 N–H and O–H groups in total. The van der Waals surface area contributed by atoms with Gasteiger partial charge in [0.15, 0.2) is 0 Å². The van der Waals surface area contributed by atoms with Crippen LogP contribution in [0, 0.1) is 0 Å². The molecule has 0 amide bonds. The molecule has 94 valence electrons. The lowest BCUT2D eigenvalue weighted by Crippen LogP contribution is -2.35. The van der Waals surface area contributed by atoms with E-state index >= 15 is 0 Å². The summed E-state index contributed by atoms with van der Waals surface area (Å²) in [6, 6.07) is 3.81. The standard InChI is InChI=1S/C11H11BrF3NO/c12-7-1-2-8(9(5-7)11(13,14)15)10-6-17-4-3-16-10/h1-2,5,10,16H,3-4,6H2. The lowest BCUT2D eigenvalue weighted by Gasteiger charge is -2.26. The maximum absolute atomic E-state index is 12.9. The summed E-state index contributed by atoms with van der Waals surface area (Å²) in [6.45, 7) is 1.37. The van der Waals surface area contributed by atoms with E-state index in [2.05, 4.69) is 21.2 Å². The molecule has 0 radical (unpaired) electrons. The number of nitrogens with one attached hydrogen (secondary N) is 1. The van der Waals surface area contributed by atoms with Crippen LogP contribution < -0.4 is 5.32 Å². The third-order valence-corrected chi connectivity index (χ3v) is 3.11. The normalized spacial score (nSPS) is 21.5. The lowest BCUT2D eigenvalue weighted by atomic mass is 10.00. The summed E-state index contributed by atoms with van der Waals surface area (Å²) >= 11 is 3.06. The van der Waals surface area contributed by atoms with Crippen molar-refractivity contribution in [3.63, 3.8) is 0 Å². The Kier molecular flexibility index (Phi) is 3.75. The van der Waals surface area contributed by atoms with Gasteiger partial charge in [0, 0.05) is 11.0 Å². The molecule has 0 aromatic heterocycles. The molecule has 17 heavy (non-hydrogen) atoms. The van der Waals surface area contributed by atoms with Crippen LogP contribution in [0.25, 0.3) is 0 Å². The average Bonchev–Trinajstić information content (AvgIpc) is 2.29. The van der Waals surface area contributed by atoms with Gasteiger partial charge in [-0.3, -0.25) is 0 Å². The molecular formula is C11H11BrF3NO. The predicted octanol–water partition coefficient (Wildman–Crippen LogP) is 3.13. The predicted molar refractivity (Wildman–Crippen MR) is 60.7 cm³/mol. The number of benzene rings is 1. The van der Waals surface area contributed by atoms with Crippen LogP contribution in [0.1, 0.15) is 17.2 Å². The van der Waals surface area contributed by atoms with Crippen LogP contribution in [0.15, 0.2) is 22.7 Å². The van der Waals surface area contributed by atoms with Crippen LogP contribution in [0.5, 0.6) is 0 Å². The van der Waals surface area contributed by atoms with Crippen molar-refractivity contribution >= 4 is 15.9 Å². The molecule has 0 aliphatic carbocycles. The van der Waals surface area contributed by atoms with Crippen LogP contribution in [0.3, 0.4) is 0 Å². The first-order chi connectivity index (χ1) is 7.98. The van der Waals surface area contributed by atoms with Crippen LogP contribution >= 0.6 is 15.9 Å². The molecule has 1 aliphatic heterocycles. The van der Waals surface area contributed by atoms with E-state index in [4.69, 9.17) is 4.74 Å². The Labute approximate surface area is 105 Å². The van der Waals surface area contributed by atoms with Crippen molar-refractivity contribution in [2.24, 2.45) is 0 Å². The van der Waals surface area contributed by atoms with Gasteiger partial charge in [-0.2, -0.15) is 13.2 Å². The molecule has 0 bridgehead atoms. The molecule has 1 atom stereocenters. The fraction of sp³-hybridized carbons (Fsp3) is 0.455. The van der Waals surface area contributed by atoms with Gasteiger partial charge in [0.05, 0.1) is 24.8 Å². The van der Waals surface area contributed by atoms with Gasteiger partial charge in [0.25, 0.3) is 0 Å². The molecule has 1 aliphatic rings. The van der Waals surface area contributed by atoms with E-state index in [1.807, 2.05) is 0 Å². The summed E-state index contributed by atoms with van der Waals surface area (Å²) in [4.78, 5) is 0. The Bertz CT molecular complexity index is 402. The van der Waals surface area contributed by atoms with Crippen LogP contribution in [0.2, 0.25) is 0 Å². The summed E-state index contributed by atoms with van der Waals surface area (Å²) in [6.07, 6.45) is -4.35. The zero-order chi connectivity index (χ0) is 12.5. The largest absolute Gasteiger partial charge is 0.416 e. The van der Waals surface area contributed by atoms with Crippen molar-refractivity contribution in [3.8, 4) is 0 Å². The summed E-state index contributed by atoms with van der Waals surface area (Å²) in [7, 11) is 0. The second kappa shape index (κ2) is 4.96. The number of rotatable bonds is 1. The van der Waals surface area contributed by atoms with E-state index in [1.165, 1.54) is 6.07 Å². The first kappa shape index (κ1) is 12.9. The first-order valence-corrected chi connectivity index (χ1v) is 5.95. The van der Waals surface area contributed by atoms with Gasteiger partial charge < -0.3 is 10.1 Å². The molecule has 1 saturated heterocycles. The second-order valence-electron chi connectivity index (χ2n) is 3.81. The number of ether oxygens (including phenoxy) is 1. The minimum atomic E-state index is -4.35. The molecule has 0 saturated carbocycles. The highest BCUT2D eigenvalue weighted by Crippen LogP contribution is 2.36. The fourth-order valence-electron chi connectivity index (χ4n) is 1.84. The number of hydrogen-bond donors (Lipinski definition) is 1. The number of hydrogen-bond acceptors (Lipinski definition) is 2. The van der Waals surface area contributed by atoms with E-state index in [0.717, 1.165) is 6.07 Å². The molecule has 0 spiro atoms. The van der Waals surface area contributed by atoms with Crippen molar-refractivity contribution in [3.05, 3.63) is 33.8 Å². The molecule has 2 nitrogen and oxygen atoms in total. The maximum Gasteiger partial charge on any atom is 0.416 e. The van der Waals surface area contributed by atoms with Crippen LogP contribution in [-0.4, -0.2) is 19.8 Å². The Morgan fingerprint density at radius 3 is 2.71 bits per heavy atom. The van der Waals surface area contributed by atoms with Crippen LogP contribution in [-0.2, 0) is 10.9 Å². The Hall–Kier alpha value is -0.590. The van der Waals surface area contributed by atoms with Gasteiger partial charge in [-0.05, 0) is 17.7 Å². The number of morpholine rings is 1. The summed E-state index contributed by atoms with van der Waals surface area (Å²) < 4.78 is 44.3. The van der Waals surface area contributed by atoms with Crippen molar-refractivity contribution in [1.29, 1.82) is 0 Å². The van der Waals surface area contributed by atoms with Crippen LogP contribution in [0.4, 0.5) is 13.2 Å². The maximum atomic E-state index is 12.9. The molecule has 1 heterocycles. The van der Waals surface area contributed by atoms with Gasteiger partial charge >= 0.3 is 6.18 Å². The molecular weight excluding hydrogens is 299 g/mol. The van der Waals surface area contributed by atoms with Crippen molar-refractivity contribution in [2.45, 2.75) is 12.2 Å². The number of halogens is 4. The van der Waals surface area contributed by atoms with Crippen molar-refractivity contribution in [1.82, 2.24) is 5.32 Å². The quantitative estimate of drug-likeness (QED) is 0.860. The monoisotopic (exact) mass is 309 g/mol. The minimum absolute atomic E-state index is 0.236. The van der Waals surface area contributed by atoms with E-state index in [9.17, 15) is 13.2 Å². The smallest absolute Gasteiger partial charge is 0.378 e. The third kappa shape index (κ3) is 3.00. The van der Waals surface area contributed by atoms with Crippen molar-refractivity contribution < 1.29 is 17.9 Å². The zero-order valence-corrected chi connectivity index (χ0v) is 10.4. The Balaban J connectivity index is 2.38. The van der Waals surface area contributed by atoms with Gasteiger partial charge in [-0.25, -0.2) is 0 Å². The molecule has 1 aromatic rings. The lowest BCUT2D eigenvalue weighted by molar-refractivity contribution is -0.138. The third-order valence-electron chi connectivity index (χ3n) is 2.62. The highest BCUT2D eigenvalue weighted by Gasteiger charge is 2.35. The van der Waals surface area contributed by atoms with Gasteiger partial charge in [-0.15, -0.1) is 0 Å². The molecule has 2 rings (SSSR count). The highest BCUT2D eigenvalue weighted by atomic mass is 79.9. The molecule has 1 fully saturated rings. The first-order valence-electron chi connectivity index (χ1n) is 5.16. The van der Waals surface area contributed by atoms with E-state index in [-0.39, 0.29) is 12.2 Å².